The van der Waals surface area contributed by atoms with Crippen LogP contribution in [-0.2, 0) is 4.79 Å². The van der Waals surface area contributed by atoms with E-state index in [1.165, 1.54) is 0 Å². The number of nitrogens with one attached hydrogen (secondary N) is 2. The quantitative estimate of drug-likeness (QED) is 0.451. The van der Waals surface area contributed by atoms with Crippen molar-refractivity contribution in [2.24, 2.45) is 17.4 Å². The third kappa shape index (κ3) is 4.80. The number of aromatic nitrogens is 2. The van der Waals surface area contributed by atoms with Crippen molar-refractivity contribution in [3.63, 3.8) is 0 Å². The topological polar surface area (TPSA) is 136 Å². The predicted octanol–water partition coefficient (Wildman–Crippen LogP) is 2.92. The summed E-state index contributed by atoms with van der Waals surface area (Å²) in [5.74, 6) is -2.32. The molecule has 0 fully saturated rings. The van der Waals surface area contributed by atoms with Crippen LogP contribution in [0.1, 0.15) is 30.6 Å². The molecule has 2 aromatic heterocycles. The van der Waals surface area contributed by atoms with E-state index in [9.17, 15) is 14.0 Å². The number of rotatable bonds is 8. The first-order valence-corrected chi connectivity index (χ1v) is 9.42. The highest BCUT2D eigenvalue weighted by molar-refractivity contribution is 5.99. The minimum atomic E-state index is -0.849. The van der Waals surface area contributed by atoms with Crippen molar-refractivity contribution in [1.82, 2.24) is 9.97 Å². The Morgan fingerprint density at radius 3 is 2.53 bits per heavy atom. The van der Waals surface area contributed by atoms with Gasteiger partial charge in [-0.05, 0) is 30.5 Å². The van der Waals surface area contributed by atoms with Gasteiger partial charge in [-0.1, -0.05) is 32.0 Å². The molecule has 30 heavy (non-hydrogen) atoms. The fourth-order valence-electron chi connectivity index (χ4n) is 3.03. The van der Waals surface area contributed by atoms with E-state index >= 15 is 0 Å². The van der Waals surface area contributed by atoms with Gasteiger partial charge in [0.15, 0.2) is 11.6 Å². The lowest BCUT2D eigenvalue weighted by molar-refractivity contribution is -0.119. The SMILES string of the molecule is CC(C)CC(Nc1nc(Nc2cnc3ccccc3c2)c(C(N)=O)cc1F)C(N)=O. The molecule has 2 amide bonds. The van der Waals surface area contributed by atoms with Gasteiger partial charge in [-0.25, -0.2) is 9.37 Å². The third-order valence-corrected chi connectivity index (χ3v) is 4.46. The monoisotopic (exact) mass is 410 g/mol. The summed E-state index contributed by atoms with van der Waals surface area (Å²) in [6.45, 7) is 3.83. The van der Waals surface area contributed by atoms with Crippen molar-refractivity contribution in [3.05, 3.63) is 54.0 Å². The number of carbonyl (C=O) groups is 2. The number of primary amides is 2. The Bertz CT molecular complexity index is 1100. The lowest BCUT2D eigenvalue weighted by Gasteiger charge is -2.19. The number of pyridine rings is 2. The van der Waals surface area contributed by atoms with Gasteiger partial charge in [-0.2, -0.15) is 0 Å². The Balaban J connectivity index is 1.98. The second kappa shape index (κ2) is 8.73. The van der Waals surface area contributed by atoms with E-state index in [0.29, 0.717) is 12.1 Å². The number of fused-ring (bicyclic) bond motifs is 1. The maximum Gasteiger partial charge on any atom is 0.252 e. The predicted molar refractivity (Wildman–Crippen MR) is 114 cm³/mol. The van der Waals surface area contributed by atoms with E-state index in [-0.39, 0.29) is 23.1 Å². The van der Waals surface area contributed by atoms with Gasteiger partial charge < -0.3 is 22.1 Å². The number of anilines is 3. The van der Waals surface area contributed by atoms with Crippen LogP contribution in [0.2, 0.25) is 0 Å². The van der Waals surface area contributed by atoms with Gasteiger partial charge in [-0.3, -0.25) is 14.6 Å². The number of hydrogen-bond acceptors (Lipinski definition) is 6. The first kappa shape index (κ1) is 21.0. The van der Waals surface area contributed by atoms with Gasteiger partial charge in [0.2, 0.25) is 5.91 Å². The van der Waals surface area contributed by atoms with Crippen LogP contribution in [0.4, 0.5) is 21.7 Å². The number of hydrogen-bond donors (Lipinski definition) is 4. The van der Waals surface area contributed by atoms with Crippen molar-refractivity contribution >= 4 is 40.0 Å². The minimum absolute atomic E-state index is 0.0382. The van der Waals surface area contributed by atoms with Crippen LogP contribution < -0.4 is 22.1 Å². The van der Waals surface area contributed by atoms with E-state index in [2.05, 4.69) is 20.6 Å². The summed E-state index contributed by atoms with van der Waals surface area (Å²) >= 11 is 0. The lowest BCUT2D eigenvalue weighted by atomic mass is 10.0. The third-order valence-electron chi connectivity index (χ3n) is 4.46. The molecule has 6 N–H and O–H groups in total. The van der Waals surface area contributed by atoms with Crippen molar-refractivity contribution in [2.75, 3.05) is 10.6 Å². The van der Waals surface area contributed by atoms with E-state index in [0.717, 1.165) is 17.0 Å². The zero-order valence-corrected chi connectivity index (χ0v) is 16.6. The fourth-order valence-corrected chi connectivity index (χ4v) is 3.03. The number of benzene rings is 1. The summed E-state index contributed by atoms with van der Waals surface area (Å²) in [4.78, 5) is 32.1. The number of halogens is 1. The summed E-state index contributed by atoms with van der Waals surface area (Å²) in [5, 5.41) is 6.56. The Kier molecular flexibility index (Phi) is 6.10. The van der Waals surface area contributed by atoms with Crippen LogP contribution in [0.15, 0.2) is 42.6 Å². The maximum absolute atomic E-state index is 14.6. The molecule has 0 radical (unpaired) electrons. The Morgan fingerprint density at radius 2 is 1.87 bits per heavy atom. The van der Waals surface area contributed by atoms with Crippen molar-refractivity contribution in [1.29, 1.82) is 0 Å². The molecule has 2 heterocycles. The maximum atomic E-state index is 14.6. The number of para-hydroxylation sites is 1. The molecule has 0 aliphatic carbocycles. The molecule has 1 unspecified atom stereocenters. The summed E-state index contributed by atoms with van der Waals surface area (Å²) in [6, 6.07) is 9.47. The molecule has 0 aliphatic heterocycles. The highest BCUT2D eigenvalue weighted by Crippen LogP contribution is 2.26. The average molecular weight is 410 g/mol. The number of carbonyl (C=O) groups excluding carboxylic acids is 2. The molecule has 3 aromatic rings. The molecular formula is C21H23FN6O2. The first-order valence-electron chi connectivity index (χ1n) is 9.42. The summed E-state index contributed by atoms with van der Waals surface area (Å²) in [5.41, 5.74) is 12.0. The van der Waals surface area contributed by atoms with Gasteiger partial charge in [0.05, 0.1) is 23.0 Å². The largest absolute Gasteiger partial charge is 0.368 e. The van der Waals surface area contributed by atoms with Crippen molar-refractivity contribution < 1.29 is 14.0 Å². The van der Waals surface area contributed by atoms with Crippen LogP contribution in [0, 0.1) is 11.7 Å². The van der Waals surface area contributed by atoms with Gasteiger partial charge >= 0.3 is 0 Å². The summed E-state index contributed by atoms with van der Waals surface area (Å²) in [6.07, 6.45) is 1.96. The van der Waals surface area contributed by atoms with E-state index in [1.54, 1.807) is 6.20 Å². The molecule has 8 nitrogen and oxygen atoms in total. The number of amides is 2. The molecule has 0 saturated carbocycles. The van der Waals surface area contributed by atoms with E-state index in [1.807, 2.05) is 44.2 Å². The molecular weight excluding hydrogens is 387 g/mol. The Labute approximate surface area is 172 Å². The first-order chi connectivity index (χ1) is 14.2. The highest BCUT2D eigenvalue weighted by atomic mass is 19.1. The van der Waals surface area contributed by atoms with Crippen LogP contribution in [0.3, 0.4) is 0 Å². The summed E-state index contributed by atoms with van der Waals surface area (Å²) < 4.78 is 14.6. The van der Waals surface area contributed by atoms with Crippen LogP contribution in [-0.4, -0.2) is 27.8 Å². The highest BCUT2D eigenvalue weighted by Gasteiger charge is 2.22. The molecule has 1 aromatic carbocycles. The smallest absolute Gasteiger partial charge is 0.252 e. The Morgan fingerprint density at radius 1 is 1.13 bits per heavy atom. The zero-order chi connectivity index (χ0) is 21.8. The normalized spacial score (nSPS) is 12.0. The second-order valence-electron chi connectivity index (χ2n) is 7.35. The van der Waals surface area contributed by atoms with Crippen molar-refractivity contribution in [3.8, 4) is 0 Å². The average Bonchev–Trinajstić information content (AvgIpc) is 2.69. The molecule has 9 heteroatoms. The minimum Gasteiger partial charge on any atom is -0.368 e. The van der Waals surface area contributed by atoms with Crippen LogP contribution in [0.5, 0.6) is 0 Å². The standard InChI is InChI=1S/C21H23FN6O2/c1-11(2)7-17(19(24)30)27-21-15(22)9-14(18(23)29)20(28-21)26-13-8-12-5-3-4-6-16(12)25-10-13/h3-6,8-11,17H,7H2,1-2H3,(H2,23,29)(H2,24,30)(H2,26,27,28). The Hall–Kier alpha value is -3.75. The van der Waals surface area contributed by atoms with E-state index < -0.39 is 23.7 Å². The summed E-state index contributed by atoms with van der Waals surface area (Å²) in [7, 11) is 0. The lowest BCUT2D eigenvalue weighted by Crippen LogP contribution is -2.37. The molecule has 3 rings (SSSR count). The van der Waals surface area contributed by atoms with Gasteiger partial charge in [0.25, 0.3) is 5.91 Å². The fraction of sp³-hybridized carbons (Fsp3) is 0.238. The molecule has 0 spiro atoms. The van der Waals surface area contributed by atoms with Crippen LogP contribution >= 0.6 is 0 Å². The number of nitrogens with zero attached hydrogens (tertiary/aromatic N) is 2. The van der Waals surface area contributed by atoms with Crippen LogP contribution in [0.25, 0.3) is 10.9 Å². The molecule has 156 valence electrons. The van der Waals surface area contributed by atoms with Gasteiger partial charge in [0, 0.05) is 5.39 Å². The molecule has 0 saturated heterocycles. The van der Waals surface area contributed by atoms with E-state index in [4.69, 9.17) is 11.5 Å². The molecule has 1 atom stereocenters. The zero-order valence-electron chi connectivity index (χ0n) is 16.6. The van der Waals surface area contributed by atoms with Crippen molar-refractivity contribution in [2.45, 2.75) is 26.3 Å². The van der Waals surface area contributed by atoms with Gasteiger partial charge in [-0.15, -0.1) is 0 Å². The second-order valence-corrected chi connectivity index (χ2v) is 7.35. The number of nitrogens with two attached hydrogens (primary N) is 2. The van der Waals surface area contributed by atoms with Gasteiger partial charge in [0.1, 0.15) is 11.9 Å². The molecule has 0 aliphatic rings. The molecule has 0 bridgehead atoms.